The molecule has 156 valence electrons. The van der Waals surface area contributed by atoms with Crippen molar-refractivity contribution < 1.29 is 13.5 Å². The van der Waals surface area contributed by atoms with Crippen LogP contribution in [0.25, 0.3) is 0 Å². The first kappa shape index (κ1) is 21.4. The molecule has 8 heteroatoms. The molecule has 1 aliphatic carbocycles. The van der Waals surface area contributed by atoms with Crippen molar-refractivity contribution in [3.05, 3.63) is 61.3 Å². The van der Waals surface area contributed by atoms with Crippen molar-refractivity contribution in [1.29, 1.82) is 0 Å². The van der Waals surface area contributed by atoms with Crippen LogP contribution in [0.3, 0.4) is 0 Å². The van der Waals surface area contributed by atoms with Gasteiger partial charge < -0.3 is 5.11 Å². The minimum atomic E-state index is -3.22. The predicted octanol–water partition coefficient (Wildman–Crippen LogP) is 3.92. The number of hydrogen-bond acceptors (Lipinski definition) is 4. The Kier molecular flexibility index (Phi) is 5.70. The Morgan fingerprint density at radius 3 is 2.55 bits per heavy atom. The molecule has 1 atom stereocenters. The lowest BCUT2D eigenvalue weighted by Crippen LogP contribution is -2.46. The van der Waals surface area contributed by atoms with Gasteiger partial charge in [0, 0.05) is 34.1 Å². The highest BCUT2D eigenvalue weighted by molar-refractivity contribution is 9.10. The highest BCUT2D eigenvalue weighted by Gasteiger charge is 2.47. The zero-order valence-electron chi connectivity index (χ0n) is 16.5. The van der Waals surface area contributed by atoms with E-state index in [1.807, 2.05) is 18.2 Å². The molecule has 2 aromatic rings. The molecule has 2 aliphatic rings. The quantitative estimate of drug-likeness (QED) is 0.623. The largest absolute Gasteiger partial charge is 0.378 e. The Morgan fingerprint density at radius 2 is 1.90 bits per heavy atom. The number of aliphatic hydroxyl groups is 1. The van der Waals surface area contributed by atoms with Crippen LogP contribution in [0.5, 0.6) is 0 Å². The number of nitrogens with zero attached hydrogens (tertiary/aromatic N) is 2. The second-order valence-electron chi connectivity index (χ2n) is 8.09. The zero-order chi connectivity index (χ0) is 21.0. The van der Waals surface area contributed by atoms with E-state index in [1.165, 1.54) is 10.6 Å². The lowest BCUT2D eigenvalue weighted by molar-refractivity contribution is -0.00940. The maximum atomic E-state index is 12.3. The molecule has 2 heterocycles. The number of hydrogen-bond donors (Lipinski definition) is 1. The molecule has 29 heavy (non-hydrogen) atoms. The van der Waals surface area contributed by atoms with E-state index in [1.54, 1.807) is 6.20 Å². The van der Waals surface area contributed by atoms with E-state index in [-0.39, 0.29) is 5.92 Å². The maximum absolute atomic E-state index is 12.3. The van der Waals surface area contributed by atoms with Gasteiger partial charge in [-0.1, -0.05) is 28.1 Å². The molecule has 1 saturated heterocycles. The number of sulfonamides is 1. The first-order valence-corrected chi connectivity index (χ1v) is 13.2. The van der Waals surface area contributed by atoms with Gasteiger partial charge in [-0.3, -0.25) is 4.98 Å². The van der Waals surface area contributed by atoms with Crippen LogP contribution in [-0.4, -0.2) is 42.2 Å². The Balaban J connectivity index is 1.86. The van der Waals surface area contributed by atoms with Gasteiger partial charge in [0.2, 0.25) is 10.0 Å². The third kappa shape index (κ3) is 3.71. The van der Waals surface area contributed by atoms with Crippen LogP contribution in [-0.2, 0) is 28.5 Å². The monoisotopic (exact) mass is 542 g/mol. The second-order valence-corrected chi connectivity index (χ2v) is 11.8. The summed E-state index contributed by atoms with van der Waals surface area (Å²) in [5, 5.41) is 12.3. The first-order chi connectivity index (χ1) is 13.6. The third-order valence-corrected chi connectivity index (χ3v) is 9.14. The van der Waals surface area contributed by atoms with Crippen molar-refractivity contribution in [2.45, 2.75) is 38.2 Å². The summed E-state index contributed by atoms with van der Waals surface area (Å²) in [6.07, 6.45) is 5.77. The van der Waals surface area contributed by atoms with E-state index in [0.717, 1.165) is 44.0 Å². The molecule has 0 saturated carbocycles. The van der Waals surface area contributed by atoms with E-state index in [9.17, 15) is 13.5 Å². The normalized spacial score (nSPS) is 23.3. The number of pyridine rings is 1. The molecule has 1 aromatic carbocycles. The van der Waals surface area contributed by atoms with Gasteiger partial charge in [-0.25, -0.2) is 12.7 Å². The molecule has 1 aromatic heterocycles. The Labute approximate surface area is 188 Å². The molecule has 1 unspecified atom stereocenters. The fourth-order valence-corrected chi connectivity index (χ4v) is 6.56. The Bertz CT molecular complexity index is 1070. The highest BCUT2D eigenvalue weighted by atomic mass is 79.9. The second kappa shape index (κ2) is 7.71. The number of benzene rings is 1. The molecule has 4 rings (SSSR count). The molecule has 1 N–H and O–H groups in total. The van der Waals surface area contributed by atoms with Crippen LogP contribution in [0, 0.1) is 12.8 Å². The number of rotatable bonds is 2. The molecular weight excluding hydrogens is 520 g/mol. The van der Waals surface area contributed by atoms with Gasteiger partial charge in [0.25, 0.3) is 0 Å². The maximum Gasteiger partial charge on any atom is 0.211 e. The molecular formula is C21H24Br2N2O3S. The fourth-order valence-electron chi connectivity index (χ4n) is 4.76. The molecule has 0 amide bonds. The SMILES string of the molecule is Cc1ccc2c(c1Br)CCc1cc(Br)cnc1C2(O)C1CCN(S(C)(=O)=O)CC1. The van der Waals surface area contributed by atoms with Gasteiger partial charge in [-0.15, -0.1) is 0 Å². The number of halogens is 2. The van der Waals surface area contributed by atoms with Crippen LogP contribution in [0.4, 0.5) is 0 Å². The standard InChI is InChI=1S/C21H24Br2N2O3S/c1-13-3-6-18-17(19(13)23)5-4-14-11-16(22)12-24-20(14)21(18,26)15-7-9-25(10-8-15)29(2,27)28/h3,6,11-12,15,26H,4-5,7-10H2,1-2H3. The van der Waals surface area contributed by atoms with Crippen molar-refractivity contribution >= 4 is 41.9 Å². The Morgan fingerprint density at radius 1 is 1.21 bits per heavy atom. The highest BCUT2D eigenvalue weighted by Crippen LogP contribution is 2.47. The summed E-state index contributed by atoms with van der Waals surface area (Å²) in [5.74, 6) is -0.112. The van der Waals surface area contributed by atoms with Gasteiger partial charge in [-0.2, -0.15) is 0 Å². The van der Waals surface area contributed by atoms with Crippen LogP contribution in [0.1, 0.15) is 40.8 Å². The van der Waals surface area contributed by atoms with Crippen LogP contribution in [0.2, 0.25) is 0 Å². The molecule has 0 radical (unpaired) electrons. The van der Waals surface area contributed by atoms with Crippen LogP contribution in [0.15, 0.2) is 33.3 Å². The summed E-state index contributed by atoms with van der Waals surface area (Å²) in [6, 6.07) is 6.10. The van der Waals surface area contributed by atoms with Crippen molar-refractivity contribution in [2.24, 2.45) is 5.92 Å². The van der Waals surface area contributed by atoms with Crippen molar-refractivity contribution in [3.8, 4) is 0 Å². The van der Waals surface area contributed by atoms with Gasteiger partial charge in [0.15, 0.2) is 0 Å². The van der Waals surface area contributed by atoms with Crippen molar-refractivity contribution in [3.63, 3.8) is 0 Å². The van der Waals surface area contributed by atoms with Crippen molar-refractivity contribution in [1.82, 2.24) is 9.29 Å². The van der Waals surface area contributed by atoms with Gasteiger partial charge >= 0.3 is 0 Å². The lowest BCUT2D eigenvalue weighted by Gasteiger charge is -2.41. The van der Waals surface area contributed by atoms with Crippen molar-refractivity contribution in [2.75, 3.05) is 19.3 Å². The zero-order valence-corrected chi connectivity index (χ0v) is 20.4. The van der Waals surface area contributed by atoms with E-state index in [0.29, 0.717) is 31.6 Å². The molecule has 1 fully saturated rings. The van der Waals surface area contributed by atoms with E-state index in [2.05, 4.69) is 43.8 Å². The van der Waals surface area contributed by atoms with E-state index < -0.39 is 15.6 Å². The van der Waals surface area contributed by atoms with Crippen LogP contribution < -0.4 is 0 Å². The first-order valence-electron chi connectivity index (χ1n) is 9.73. The average molecular weight is 544 g/mol. The number of aromatic nitrogens is 1. The number of fused-ring (bicyclic) bond motifs is 2. The lowest BCUT2D eigenvalue weighted by atomic mass is 9.72. The summed E-state index contributed by atoms with van der Waals surface area (Å²) in [5.41, 5.74) is 3.63. The number of aryl methyl sites for hydroxylation is 2. The molecule has 0 spiro atoms. The van der Waals surface area contributed by atoms with Gasteiger partial charge in [0.1, 0.15) is 5.60 Å². The van der Waals surface area contributed by atoms with E-state index >= 15 is 0 Å². The van der Waals surface area contributed by atoms with Gasteiger partial charge in [0.05, 0.1) is 11.9 Å². The summed E-state index contributed by atoms with van der Waals surface area (Å²) < 4.78 is 27.4. The summed E-state index contributed by atoms with van der Waals surface area (Å²) in [7, 11) is -3.22. The van der Waals surface area contributed by atoms with Crippen LogP contribution >= 0.6 is 31.9 Å². The summed E-state index contributed by atoms with van der Waals surface area (Å²) >= 11 is 7.26. The summed E-state index contributed by atoms with van der Waals surface area (Å²) in [4.78, 5) is 4.68. The Hall–Kier alpha value is -0.800. The van der Waals surface area contributed by atoms with E-state index in [4.69, 9.17) is 0 Å². The minimum Gasteiger partial charge on any atom is -0.378 e. The topological polar surface area (TPSA) is 70.5 Å². The fraction of sp³-hybridized carbons (Fsp3) is 0.476. The van der Waals surface area contributed by atoms with Gasteiger partial charge in [-0.05, 0) is 76.9 Å². The molecule has 5 nitrogen and oxygen atoms in total. The molecule has 1 aliphatic heterocycles. The average Bonchev–Trinajstić information content (AvgIpc) is 2.80. The third-order valence-electron chi connectivity index (χ3n) is 6.30. The smallest absolute Gasteiger partial charge is 0.211 e. The minimum absolute atomic E-state index is 0.112. The number of piperidine rings is 1. The predicted molar refractivity (Wildman–Crippen MR) is 120 cm³/mol. The summed E-state index contributed by atoms with van der Waals surface area (Å²) in [6.45, 7) is 2.89. The molecule has 0 bridgehead atoms.